The summed E-state index contributed by atoms with van der Waals surface area (Å²) in [7, 11) is 0. The number of allylic oxidation sites excluding steroid dienone is 9. The Balaban J connectivity index is 2.22. The second kappa shape index (κ2) is 12.4. The molecule has 3 heteroatoms. The van der Waals surface area contributed by atoms with Crippen molar-refractivity contribution >= 4 is 6.29 Å². The van der Waals surface area contributed by atoms with Gasteiger partial charge in [-0.2, -0.15) is 0 Å². The summed E-state index contributed by atoms with van der Waals surface area (Å²) >= 11 is 0. The van der Waals surface area contributed by atoms with Crippen molar-refractivity contribution in [1.82, 2.24) is 9.80 Å². The molecule has 0 fully saturated rings. The van der Waals surface area contributed by atoms with E-state index >= 15 is 0 Å². The molecule has 35 heavy (non-hydrogen) atoms. The first-order valence-electron chi connectivity index (χ1n) is 14.3. The number of nitrogens with zero attached hydrogens (tertiary/aromatic N) is 2. The summed E-state index contributed by atoms with van der Waals surface area (Å²) in [5.74, 6) is 1.47. The van der Waals surface area contributed by atoms with E-state index in [1.165, 1.54) is 17.6 Å². The van der Waals surface area contributed by atoms with E-state index in [0.29, 0.717) is 17.8 Å². The lowest BCUT2D eigenvalue weighted by Crippen LogP contribution is -2.52. The van der Waals surface area contributed by atoms with Gasteiger partial charge in [0.25, 0.3) is 0 Å². The van der Waals surface area contributed by atoms with Crippen LogP contribution in [0.5, 0.6) is 0 Å². The van der Waals surface area contributed by atoms with Gasteiger partial charge in [-0.15, -0.1) is 6.58 Å². The maximum absolute atomic E-state index is 12.4. The number of hydrogen-bond acceptors (Lipinski definition) is 3. The minimum absolute atomic E-state index is 0.0439. The molecule has 0 aromatic heterocycles. The molecule has 194 valence electrons. The quantitative estimate of drug-likeness (QED) is 0.222. The predicted octanol–water partition coefficient (Wildman–Crippen LogP) is 7.06. The zero-order valence-corrected chi connectivity index (χ0v) is 23.3. The van der Waals surface area contributed by atoms with Crippen LogP contribution in [0.4, 0.5) is 0 Å². The lowest BCUT2D eigenvalue weighted by atomic mass is 9.46. The van der Waals surface area contributed by atoms with Crippen molar-refractivity contribution in [3.63, 3.8) is 0 Å². The second-order valence-electron chi connectivity index (χ2n) is 10.9. The lowest BCUT2D eigenvalue weighted by Gasteiger charge is -2.58. The maximum atomic E-state index is 12.4. The predicted molar refractivity (Wildman–Crippen MR) is 150 cm³/mol. The van der Waals surface area contributed by atoms with Gasteiger partial charge < -0.3 is 14.6 Å². The number of carbonyl (C=O) groups excluding carboxylic acids is 1. The summed E-state index contributed by atoms with van der Waals surface area (Å²) in [4.78, 5) is 17.5. The smallest absolute Gasteiger partial charge is 0.127 e. The Morgan fingerprint density at radius 1 is 1.06 bits per heavy atom. The van der Waals surface area contributed by atoms with Gasteiger partial charge >= 0.3 is 0 Å². The number of carbonyl (C=O) groups is 1. The van der Waals surface area contributed by atoms with Crippen LogP contribution in [0.15, 0.2) is 59.9 Å². The Bertz CT molecular complexity index is 855. The Labute approximate surface area is 215 Å². The third kappa shape index (κ3) is 5.17. The van der Waals surface area contributed by atoms with Crippen molar-refractivity contribution in [2.75, 3.05) is 32.7 Å². The second-order valence-corrected chi connectivity index (χ2v) is 10.9. The monoisotopic (exact) mass is 478 g/mol. The Hall–Kier alpha value is -1.87. The van der Waals surface area contributed by atoms with Gasteiger partial charge in [0.15, 0.2) is 0 Å². The lowest BCUT2D eigenvalue weighted by molar-refractivity contribution is -0.113. The zero-order valence-electron chi connectivity index (χ0n) is 23.3. The summed E-state index contributed by atoms with van der Waals surface area (Å²) in [6.45, 7) is 23.6. The van der Waals surface area contributed by atoms with Gasteiger partial charge in [0.2, 0.25) is 0 Å². The molecule has 0 aromatic rings. The fourth-order valence-corrected chi connectivity index (χ4v) is 7.71. The molecule has 0 aromatic carbocycles. The summed E-state index contributed by atoms with van der Waals surface area (Å²) in [6, 6.07) is 0. The molecule has 3 nitrogen and oxygen atoms in total. The van der Waals surface area contributed by atoms with Crippen molar-refractivity contribution < 1.29 is 4.79 Å². The van der Waals surface area contributed by atoms with Crippen molar-refractivity contribution in [1.29, 1.82) is 0 Å². The van der Waals surface area contributed by atoms with Crippen molar-refractivity contribution in [2.45, 2.75) is 67.2 Å². The summed E-state index contributed by atoms with van der Waals surface area (Å²) in [5.41, 5.74) is 4.62. The Kier molecular flexibility index (Phi) is 9.81. The highest BCUT2D eigenvalue weighted by molar-refractivity contribution is 5.60. The van der Waals surface area contributed by atoms with E-state index in [9.17, 15) is 4.79 Å². The van der Waals surface area contributed by atoms with Crippen LogP contribution in [0.1, 0.15) is 67.2 Å². The highest BCUT2D eigenvalue weighted by Gasteiger charge is 2.56. The third-order valence-electron chi connectivity index (χ3n) is 9.43. The molecule has 5 atom stereocenters. The zero-order chi connectivity index (χ0) is 25.6. The van der Waals surface area contributed by atoms with Crippen LogP contribution in [0.3, 0.4) is 0 Å². The number of aldehydes is 1. The van der Waals surface area contributed by atoms with Crippen molar-refractivity contribution in [3.8, 4) is 0 Å². The van der Waals surface area contributed by atoms with E-state index in [2.05, 4.69) is 94.4 Å². The van der Waals surface area contributed by atoms with Gasteiger partial charge in [0.05, 0.1) is 0 Å². The largest absolute Gasteiger partial charge is 0.375 e. The molecule has 0 saturated carbocycles. The molecule has 3 rings (SSSR count). The first-order chi connectivity index (χ1) is 16.9. The fraction of sp³-hybridized carbons (Fsp3) is 0.656. The molecule has 0 heterocycles. The molecule has 3 aliphatic rings. The normalized spacial score (nSPS) is 30.5. The first-order valence-corrected chi connectivity index (χ1v) is 14.3. The van der Waals surface area contributed by atoms with Crippen molar-refractivity contribution in [2.24, 2.45) is 35.0 Å². The van der Waals surface area contributed by atoms with Crippen LogP contribution in [-0.4, -0.2) is 48.8 Å². The highest BCUT2D eigenvalue weighted by atomic mass is 16.1. The molecular formula is C32H50N2O. The minimum atomic E-state index is -0.0659. The van der Waals surface area contributed by atoms with E-state index in [1.807, 2.05) is 0 Å². The standard InChI is InChI=1S/C32H50N2O/c1-8-25-21-27-22-28(34(11-4)12-5)17-18-30(27)32(24(6)7,29-16-14-13-15-26(29)23-35)31(25)19-20-33(9-2)10-3/h8,13-16,22-26,29,31H,1,9-12,17-21H2,2-7H3. The summed E-state index contributed by atoms with van der Waals surface area (Å²) in [6.07, 6.45) is 19.2. The van der Waals surface area contributed by atoms with E-state index in [0.717, 1.165) is 58.4 Å². The average molecular weight is 479 g/mol. The highest BCUT2D eigenvalue weighted by Crippen LogP contribution is 2.62. The van der Waals surface area contributed by atoms with Gasteiger partial charge in [-0.25, -0.2) is 0 Å². The van der Waals surface area contributed by atoms with Crippen LogP contribution in [0, 0.1) is 35.0 Å². The molecule has 0 amide bonds. The number of rotatable bonds is 12. The van der Waals surface area contributed by atoms with E-state index in [4.69, 9.17) is 0 Å². The van der Waals surface area contributed by atoms with E-state index in [1.54, 1.807) is 5.57 Å². The van der Waals surface area contributed by atoms with Crippen LogP contribution >= 0.6 is 0 Å². The molecule has 0 spiro atoms. The van der Waals surface area contributed by atoms with Gasteiger partial charge in [0, 0.05) is 30.1 Å². The average Bonchev–Trinajstić information content (AvgIpc) is 2.89. The van der Waals surface area contributed by atoms with Crippen LogP contribution in [-0.2, 0) is 4.79 Å². The van der Waals surface area contributed by atoms with Gasteiger partial charge in [-0.3, -0.25) is 0 Å². The number of hydrogen-bond donors (Lipinski definition) is 0. The molecule has 0 saturated heterocycles. The van der Waals surface area contributed by atoms with E-state index < -0.39 is 0 Å². The van der Waals surface area contributed by atoms with Crippen molar-refractivity contribution in [3.05, 3.63) is 59.9 Å². The topological polar surface area (TPSA) is 23.6 Å². The molecule has 3 aliphatic carbocycles. The molecule has 0 aliphatic heterocycles. The minimum Gasteiger partial charge on any atom is -0.375 e. The SMILES string of the molecule is C=CC1CC2=C(CCC(N(CC)CC)=C2)C(C(C)C)(C2C=CC=CC2C=O)C1CCN(CC)CC. The van der Waals surface area contributed by atoms with Gasteiger partial charge in [-0.05, 0) is 94.5 Å². The Morgan fingerprint density at radius 3 is 2.31 bits per heavy atom. The Morgan fingerprint density at radius 2 is 1.74 bits per heavy atom. The molecule has 0 N–H and O–H groups in total. The molecule has 0 bridgehead atoms. The molecule has 0 radical (unpaired) electrons. The first kappa shape index (κ1) is 27.7. The summed E-state index contributed by atoms with van der Waals surface area (Å²) in [5, 5.41) is 0. The summed E-state index contributed by atoms with van der Waals surface area (Å²) < 4.78 is 0. The fourth-order valence-electron chi connectivity index (χ4n) is 7.71. The third-order valence-corrected chi connectivity index (χ3v) is 9.43. The van der Waals surface area contributed by atoms with Gasteiger partial charge in [0.1, 0.15) is 6.29 Å². The molecular weight excluding hydrogens is 428 g/mol. The maximum Gasteiger partial charge on any atom is 0.127 e. The molecule has 5 unspecified atom stereocenters. The van der Waals surface area contributed by atoms with Crippen LogP contribution in [0.25, 0.3) is 0 Å². The van der Waals surface area contributed by atoms with Crippen LogP contribution < -0.4 is 0 Å². The van der Waals surface area contributed by atoms with Crippen LogP contribution in [0.2, 0.25) is 0 Å². The van der Waals surface area contributed by atoms with Gasteiger partial charge in [-0.1, -0.05) is 63.6 Å². The van der Waals surface area contributed by atoms with E-state index in [-0.39, 0.29) is 17.3 Å².